The normalized spacial score (nSPS) is 11.0. The molecule has 2 heterocycles. The Morgan fingerprint density at radius 2 is 2.13 bits per heavy atom. The van der Waals surface area contributed by atoms with Gasteiger partial charge in [-0.15, -0.1) is 0 Å². The van der Waals surface area contributed by atoms with Crippen molar-refractivity contribution < 1.29 is 18.7 Å². The highest BCUT2D eigenvalue weighted by molar-refractivity contribution is 6.32. The number of carbonyl (C=O) groups excluding carboxylic acids is 1. The summed E-state index contributed by atoms with van der Waals surface area (Å²) in [7, 11) is 0. The van der Waals surface area contributed by atoms with Gasteiger partial charge in [0.25, 0.3) is 0 Å². The molecule has 0 aliphatic heterocycles. The van der Waals surface area contributed by atoms with Crippen LogP contribution in [0.25, 0.3) is 16.9 Å². The lowest BCUT2D eigenvalue weighted by Gasteiger charge is -2.19. The summed E-state index contributed by atoms with van der Waals surface area (Å²) in [5.74, 6) is 4.91. The number of amides is 1. The molecule has 1 N–H and O–H groups in total. The van der Waals surface area contributed by atoms with Crippen LogP contribution in [-0.2, 0) is 4.74 Å². The third-order valence-electron chi connectivity index (χ3n) is 3.74. The summed E-state index contributed by atoms with van der Waals surface area (Å²) >= 11 is 6.21. The highest BCUT2D eigenvalue weighted by Crippen LogP contribution is 2.31. The van der Waals surface area contributed by atoms with Gasteiger partial charge in [-0.3, -0.25) is 9.38 Å². The number of nitrogens with zero attached hydrogens (tertiary/aromatic N) is 3. The number of carbonyl (C=O) groups is 1. The molecule has 0 spiro atoms. The van der Waals surface area contributed by atoms with Crippen molar-refractivity contribution in [2.45, 2.75) is 26.4 Å². The van der Waals surface area contributed by atoms with Crippen LogP contribution >= 0.6 is 11.6 Å². The van der Waals surface area contributed by atoms with E-state index in [1.165, 1.54) is 12.1 Å². The van der Waals surface area contributed by atoms with E-state index in [9.17, 15) is 9.18 Å². The minimum Gasteiger partial charge on any atom is -0.478 e. The lowest BCUT2D eigenvalue weighted by atomic mass is 10.1. The van der Waals surface area contributed by atoms with E-state index < -0.39 is 17.5 Å². The van der Waals surface area contributed by atoms with Gasteiger partial charge in [0, 0.05) is 18.0 Å². The van der Waals surface area contributed by atoms with Crippen molar-refractivity contribution in [1.29, 1.82) is 0 Å². The first-order valence-electron chi connectivity index (χ1n) is 9.07. The van der Waals surface area contributed by atoms with Gasteiger partial charge < -0.3 is 14.8 Å². The highest BCUT2D eigenvalue weighted by atomic mass is 35.5. The van der Waals surface area contributed by atoms with Crippen LogP contribution in [0.3, 0.4) is 0 Å². The summed E-state index contributed by atoms with van der Waals surface area (Å²) in [6.07, 6.45) is 4.31. The summed E-state index contributed by atoms with van der Waals surface area (Å²) < 4.78 is 26.7. The van der Waals surface area contributed by atoms with Crippen molar-refractivity contribution >= 4 is 23.3 Å². The van der Waals surface area contributed by atoms with Crippen LogP contribution in [-0.4, -0.2) is 39.2 Å². The van der Waals surface area contributed by atoms with E-state index in [0.29, 0.717) is 16.9 Å². The number of benzene rings is 1. The second-order valence-corrected chi connectivity index (χ2v) is 7.56. The third-order valence-corrected chi connectivity index (χ3v) is 4.00. The number of imidazole rings is 1. The monoisotopic (exact) mass is 430 g/mol. The fourth-order valence-corrected chi connectivity index (χ4v) is 2.85. The second kappa shape index (κ2) is 9.01. The Morgan fingerprint density at radius 1 is 1.33 bits per heavy atom. The van der Waals surface area contributed by atoms with Gasteiger partial charge in [0.1, 0.15) is 12.2 Å². The maximum absolute atomic E-state index is 14.5. The molecule has 0 radical (unpaired) electrons. The molecule has 0 fully saturated rings. The SMILES string of the molecule is CC(C)(C)OC(=O)NCC#CCOc1ccc(-c2c(Cl)nc3cnccn23)cc1F. The zero-order valence-corrected chi connectivity index (χ0v) is 17.5. The number of alkyl carbamates (subject to hydrolysis) is 1. The maximum Gasteiger partial charge on any atom is 0.408 e. The molecule has 0 saturated carbocycles. The van der Waals surface area contributed by atoms with Crippen molar-refractivity contribution in [2.75, 3.05) is 13.2 Å². The number of aromatic nitrogens is 3. The fraction of sp³-hybridized carbons (Fsp3) is 0.286. The molecule has 0 unspecified atom stereocenters. The van der Waals surface area contributed by atoms with Crippen LogP contribution < -0.4 is 10.1 Å². The van der Waals surface area contributed by atoms with E-state index >= 15 is 0 Å². The van der Waals surface area contributed by atoms with Gasteiger partial charge >= 0.3 is 6.09 Å². The lowest BCUT2D eigenvalue weighted by Crippen LogP contribution is -2.32. The van der Waals surface area contributed by atoms with Crippen LogP contribution in [0.15, 0.2) is 36.8 Å². The topological polar surface area (TPSA) is 77.8 Å². The van der Waals surface area contributed by atoms with Gasteiger partial charge in [-0.05, 0) is 39.0 Å². The quantitative estimate of drug-likeness (QED) is 0.630. The molecule has 1 amide bonds. The van der Waals surface area contributed by atoms with Crippen LogP contribution in [0.5, 0.6) is 5.75 Å². The molecule has 7 nitrogen and oxygen atoms in total. The minimum atomic E-state index is -0.575. The summed E-state index contributed by atoms with van der Waals surface area (Å²) in [5, 5.41) is 2.75. The number of nitrogens with one attached hydrogen (secondary N) is 1. The molecule has 0 saturated heterocycles. The number of hydrogen-bond donors (Lipinski definition) is 1. The van der Waals surface area contributed by atoms with Gasteiger partial charge in [-0.1, -0.05) is 23.4 Å². The van der Waals surface area contributed by atoms with E-state index in [0.717, 1.165) is 0 Å². The smallest absolute Gasteiger partial charge is 0.408 e. The summed E-state index contributed by atoms with van der Waals surface area (Å²) in [6, 6.07) is 4.51. The number of fused-ring (bicyclic) bond motifs is 1. The molecule has 156 valence electrons. The minimum absolute atomic E-state index is 0.0334. The first-order valence-corrected chi connectivity index (χ1v) is 9.45. The van der Waals surface area contributed by atoms with Crippen molar-refractivity contribution in [3.63, 3.8) is 0 Å². The van der Waals surface area contributed by atoms with E-state index in [-0.39, 0.29) is 24.1 Å². The molecule has 0 aliphatic rings. The Balaban J connectivity index is 1.59. The van der Waals surface area contributed by atoms with Crippen LogP contribution in [0.1, 0.15) is 20.8 Å². The van der Waals surface area contributed by atoms with Crippen molar-refractivity contribution in [1.82, 2.24) is 19.7 Å². The Labute approximate surface area is 178 Å². The number of ether oxygens (including phenoxy) is 2. The molecule has 9 heteroatoms. The molecule has 30 heavy (non-hydrogen) atoms. The van der Waals surface area contributed by atoms with Gasteiger partial charge in [0.15, 0.2) is 22.4 Å². The molecule has 2 aromatic heterocycles. The fourth-order valence-electron chi connectivity index (χ4n) is 2.56. The third kappa shape index (κ3) is 5.39. The van der Waals surface area contributed by atoms with Crippen LogP contribution in [0.4, 0.5) is 9.18 Å². The predicted octanol–water partition coefficient (Wildman–Crippen LogP) is 4.10. The first-order chi connectivity index (χ1) is 14.2. The Hall–Kier alpha value is -3.31. The number of rotatable bonds is 4. The standard InChI is InChI=1S/C21H20ClFN4O3/c1-21(2,3)30-20(28)25-8-4-5-11-29-16-7-6-14(12-15(16)23)18-19(22)26-17-13-24-9-10-27(17)18/h6-7,9-10,12-13H,8,11H2,1-3H3,(H,25,28). The van der Waals surface area contributed by atoms with Crippen molar-refractivity contribution in [3.05, 3.63) is 47.8 Å². The van der Waals surface area contributed by atoms with E-state index in [1.54, 1.807) is 49.8 Å². The summed E-state index contributed by atoms with van der Waals surface area (Å²) in [6.45, 7) is 5.38. The molecule has 0 aliphatic carbocycles. The average Bonchev–Trinajstić information content (AvgIpc) is 2.99. The summed E-state index contributed by atoms with van der Waals surface area (Å²) in [4.78, 5) is 19.7. The average molecular weight is 431 g/mol. The van der Waals surface area contributed by atoms with Gasteiger partial charge in [0.05, 0.1) is 18.4 Å². The molecular weight excluding hydrogens is 411 g/mol. The van der Waals surface area contributed by atoms with Crippen molar-refractivity contribution in [3.8, 4) is 28.8 Å². The number of halogens is 2. The Kier molecular flexibility index (Phi) is 6.43. The van der Waals surface area contributed by atoms with Gasteiger partial charge in [0.2, 0.25) is 0 Å². The second-order valence-electron chi connectivity index (χ2n) is 7.20. The lowest BCUT2D eigenvalue weighted by molar-refractivity contribution is 0.0535. The number of hydrogen-bond acceptors (Lipinski definition) is 5. The molecule has 3 aromatic rings. The molecule has 0 atom stereocenters. The maximum atomic E-state index is 14.5. The van der Waals surface area contributed by atoms with Crippen molar-refractivity contribution in [2.24, 2.45) is 0 Å². The Bertz CT molecular complexity index is 1130. The van der Waals surface area contributed by atoms with E-state index in [4.69, 9.17) is 21.1 Å². The molecule has 3 rings (SSSR count). The summed E-state index contributed by atoms with van der Waals surface area (Å²) in [5.41, 5.74) is 1.10. The molecule has 1 aromatic carbocycles. The first kappa shape index (κ1) is 21.4. The molecular formula is C21H20ClFN4O3. The Morgan fingerprint density at radius 3 is 2.87 bits per heavy atom. The largest absolute Gasteiger partial charge is 0.478 e. The van der Waals surface area contributed by atoms with Crippen LogP contribution in [0, 0.1) is 17.7 Å². The highest BCUT2D eigenvalue weighted by Gasteiger charge is 2.16. The van der Waals surface area contributed by atoms with Crippen LogP contribution in [0.2, 0.25) is 5.15 Å². The van der Waals surface area contributed by atoms with E-state index in [1.807, 2.05) is 0 Å². The van der Waals surface area contributed by atoms with Gasteiger partial charge in [-0.2, -0.15) is 0 Å². The molecule has 0 bridgehead atoms. The van der Waals surface area contributed by atoms with Gasteiger partial charge in [-0.25, -0.2) is 14.2 Å². The zero-order chi connectivity index (χ0) is 21.7. The van der Waals surface area contributed by atoms with E-state index in [2.05, 4.69) is 27.1 Å². The zero-order valence-electron chi connectivity index (χ0n) is 16.7. The predicted molar refractivity (Wildman–Crippen MR) is 111 cm³/mol.